The number of hydrogen-bond acceptors (Lipinski definition) is 8. The topological polar surface area (TPSA) is 48.1 Å². The molecule has 332 valence electrons. The van der Waals surface area contributed by atoms with Crippen molar-refractivity contribution >= 4 is 94.4 Å². The summed E-state index contributed by atoms with van der Waals surface area (Å²) < 4.78 is 154. The number of nitrogens with zero attached hydrogens (tertiary/aromatic N) is 1. The van der Waals surface area contributed by atoms with Crippen LogP contribution < -0.4 is 33.7 Å². The third-order valence-electron chi connectivity index (χ3n) is 7.75. The van der Waals surface area contributed by atoms with Gasteiger partial charge in [0.15, 0.2) is 0 Å². The number of rotatable bonds is 8. The molecule has 0 spiro atoms. The lowest BCUT2D eigenvalue weighted by Gasteiger charge is -2.18. The molecule has 0 aliphatic rings. The largest absolute Gasteiger partial charge is 1.00 e. The lowest BCUT2D eigenvalue weighted by molar-refractivity contribution is -0.849. The van der Waals surface area contributed by atoms with E-state index in [2.05, 4.69) is 49.5 Å². The Morgan fingerprint density at radius 3 is 0.565 bits per heavy atom. The summed E-state index contributed by atoms with van der Waals surface area (Å²) >= 11 is 20.6. The second-order valence-electron chi connectivity index (χ2n) is 14.3. The highest BCUT2D eigenvalue weighted by molar-refractivity contribution is 7.74. The van der Waals surface area contributed by atoms with Gasteiger partial charge < -0.3 is 38.2 Å². The van der Waals surface area contributed by atoms with E-state index in [0.29, 0.717) is 63.5 Å². The second kappa shape index (κ2) is 19.8. The summed E-state index contributed by atoms with van der Waals surface area (Å²) in [6.45, 7) is 0. The van der Waals surface area contributed by atoms with Gasteiger partial charge in [-0.05, 0) is 97.1 Å². The predicted octanol–water partition coefficient (Wildman–Crippen LogP) is 12.4. The Hall–Kier alpha value is -4.67. The Balaban J connectivity index is 0.000000294. The van der Waals surface area contributed by atoms with Crippen LogP contribution in [0.25, 0.3) is 0 Å². The Kier molecular flexibility index (Phi) is 16.5. The molecule has 6 aromatic carbocycles. The maximum absolute atomic E-state index is 12.6. The molecule has 22 heteroatoms. The zero-order chi connectivity index (χ0) is 45.9. The molecule has 0 aliphatic carbocycles. The van der Waals surface area contributed by atoms with E-state index in [1.165, 1.54) is 48.5 Å². The van der Waals surface area contributed by atoms with Gasteiger partial charge in [-0.2, -0.15) is 52.7 Å². The number of halogens is 13. The van der Waals surface area contributed by atoms with Crippen molar-refractivity contribution in [1.82, 2.24) is 0 Å². The van der Waals surface area contributed by atoms with Crippen LogP contribution in [0.2, 0.25) is 0 Å². The van der Waals surface area contributed by atoms with E-state index in [4.69, 9.17) is 48.9 Å². The minimum Gasteiger partial charge on any atom is -1.00 e. The first-order valence-corrected chi connectivity index (χ1v) is 18.8. The first-order valence-electron chi connectivity index (χ1n) is 17.2. The zero-order valence-electron chi connectivity index (χ0n) is 32.2. The summed E-state index contributed by atoms with van der Waals surface area (Å²) in [6, 6.07) is 17.3. The molecule has 0 aliphatic heterocycles. The molecule has 0 unspecified atom stereocenters. The third kappa shape index (κ3) is 14.2. The van der Waals surface area contributed by atoms with Crippen molar-refractivity contribution < 1.29 is 69.6 Å². The summed E-state index contributed by atoms with van der Waals surface area (Å²) in [6.07, 6.45) is -17.8. The van der Waals surface area contributed by atoms with Crippen molar-refractivity contribution in [2.75, 3.05) is 49.5 Å². The molecular formula is C40H32ClF12N5S4. The van der Waals surface area contributed by atoms with Crippen LogP contribution in [-0.2, 0) is 24.7 Å². The molecule has 0 bridgehead atoms. The zero-order valence-corrected chi connectivity index (χ0v) is 36.3. The smallest absolute Gasteiger partial charge is 0.416 e. The first kappa shape index (κ1) is 51.7. The lowest BCUT2D eigenvalue weighted by Crippen LogP contribution is -3.00. The van der Waals surface area contributed by atoms with Crippen LogP contribution in [0.15, 0.2) is 97.1 Å². The van der Waals surface area contributed by atoms with Crippen molar-refractivity contribution in [3.05, 3.63) is 137 Å². The van der Waals surface area contributed by atoms with Crippen molar-refractivity contribution in [2.24, 2.45) is 0 Å². The molecule has 0 saturated heterocycles. The Morgan fingerprint density at radius 1 is 0.323 bits per heavy atom. The van der Waals surface area contributed by atoms with E-state index >= 15 is 0 Å². The van der Waals surface area contributed by atoms with Crippen LogP contribution >= 0.6 is 48.9 Å². The molecule has 62 heavy (non-hydrogen) atoms. The molecule has 0 saturated carbocycles. The molecule has 0 aromatic heterocycles. The number of quaternary nitrogens is 1. The quantitative estimate of drug-likeness (QED) is 0.0684. The number of nitrogens with one attached hydrogen (secondary N) is 4. The van der Waals surface area contributed by atoms with Crippen LogP contribution in [0.1, 0.15) is 22.3 Å². The fraction of sp³-hybridized carbons (Fsp3) is 0.200. The van der Waals surface area contributed by atoms with Gasteiger partial charge >= 0.3 is 24.7 Å². The Bertz CT molecular complexity index is 2230. The van der Waals surface area contributed by atoms with Crippen LogP contribution in [0.3, 0.4) is 0 Å². The monoisotopic (exact) mass is 973 g/mol. The molecule has 0 fully saturated rings. The van der Waals surface area contributed by atoms with Gasteiger partial charge in [0, 0.05) is 22.7 Å². The fourth-order valence-electron chi connectivity index (χ4n) is 4.81. The molecule has 0 heterocycles. The van der Waals surface area contributed by atoms with E-state index in [9.17, 15) is 52.7 Å². The van der Waals surface area contributed by atoms with Gasteiger partial charge in [-0.1, -0.05) is 48.9 Å². The van der Waals surface area contributed by atoms with Crippen molar-refractivity contribution in [2.45, 2.75) is 24.7 Å². The Morgan fingerprint density at radius 2 is 0.452 bits per heavy atom. The highest BCUT2D eigenvalue weighted by Crippen LogP contribution is 2.40. The molecule has 0 radical (unpaired) electrons. The second-order valence-corrected chi connectivity index (χ2v) is 15.9. The standard InChI is InChI=1S/2C18H10F6N2S2.C4H12N.ClH/c2*19-17(20,21)9-1-5-11(6-2-9)25-13-14(16(28)15(13)27)26-12-7-3-10(4-8-12)18(22,23)24;1-5(2,3)4;/h2*1-8,25-26H;1-4H3;1H/q;;+1;/p-1. The van der Waals surface area contributed by atoms with E-state index in [1.54, 1.807) is 0 Å². The summed E-state index contributed by atoms with van der Waals surface area (Å²) in [5.74, 6) is 0. The van der Waals surface area contributed by atoms with Crippen molar-refractivity contribution in [3.8, 4) is 0 Å². The summed E-state index contributed by atoms with van der Waals surface area (Å²) in [5, 5.41) is 11.5. The summed E-state index contributed by atoms with van der Waals surface area (Å²) in [5.41, 5.74) is -0.163. The molecule has 0 amide bonds. The number of benzene rings is 4. The van der Waals surface area contributed by atoms with Gasteiger partial charge in [0.1, 0.15) is 0 Å². The lowest BCUT2D eigenvalue weighted by atomic mass is 10.1. The molecule has 6 aromatic rings. The summed E-state index contributed by atoms with van der Waals surface area (Å²) in [7, 11) is 8.50. The van der Waals surface area contributed by atoms with Gasteiger partial charge in [-0.15, -0.1) is 0 Å². The third-order valence-corrected chi connectivity index (χ3v) is 9.64. The minimum atomic E-state index is -4.44. The van der Waals surface area contributed by atoms with E-state index in [-0.39, 0.29) is 12.4 Å². The fourth-order valence-corrected chi connectivity index (χ4v) is 5.83. The van der Waals surface area contributed by atoms with Crippen LogP contribution in [-0.4, -0.2) is 32.7 Å². The van der Waals surface area contributed by atoms with E-state index in [0.717, 1.165) is 53.0 Å². The molecule has 0 atom stereocenters. The van der Waals surface area contributed by atoms with Gasteiger partial charge in [-0.25, -0.2) is 0 Å². The highest BCUT2D eigenvalue weighted by Gasteiger charge is 2.32. The van der Waals surface area contributed by atoms with Gasteiger partial charge in [0.2, 0.25) is 0 Å². The van der Waals surface area contributed by atoms with Crippen LogP contribution in [0.5, 0.6) is 0 Å². The normalized spacial score (nSPS) is 12.0. The van der Waals surface area contributed by atoms with Gasteiger partial charge in [0.05, 0.1) is 91.2 Å². The van der Waals surface area contributed by atoms with Gasteiger partial charge in [0.25, 0.3) is 0 Å². The number of hydrogen-bond donors (Lipinski definition) is 4. The molecule has 4 N–H and O–H groups in total. The molecule has 5 nitrogen and oxygen atoms in total. The van der Waals surface area contributed by atoms with Gasteiger partial charge in [-0.3, -0.25) is 0 Å². The van der Waals surface area contributed by atoms with E-state index < -0.39 is 47.0 Å². The number of alkyl halides is 12. The van der Waals surface area contributed by atoms with Crippen LogP contribution in [0, 0.1) is 18.0 Å². The minimum absolute atomic E-state index is 0. The van der Waals surface area contributed by atoms with Crippen molar-refractivity contribution in [1.29, 1.82) is 0 Å². The molecular weight excluding hydrogens is 942 g/mol. The first-order chi connectivity index (χ1) is 27.9. The summed E-state index contributed by atoms with van der Waals surface area (Å²) in [4.78, 5) is 0. The maximum Gasteiger partial charge on any atom is 0.416 e. The highest BCUT2D eigenvalue weighted by atomic mass is 35.5. The van der Waals surface area contributed by atoms with Crippen LogP contribution in [0.4, 0.5) is 98.2 Å². The SMILES string of the molecule is C[N+](C)(C)C.FC(F)(F)c1ccc(Nc2c(Nc3ccc(C(F)(F)F)cc3)c(=S)c2=S)cc1.FC(F)(F)c1ccc(Nc2c(Nc3ccc(C(F)(F)F)cc3)c(=S)c2=S)cc1.[Cl-]. The number of anilines is 8. The van der Waals surface area contributed by atoms with E-state index in [1.807, 2.05) is 0 Å². The Labute approximate surface area is 373 Å². The maximum atomic E-state index is 12.6. The average molecular weight is 974 g/mol. The molecule has 6 rings (SSSR count). The van der Waals surface area contributed by atoms with Crippen molar-refractivity contribution in [3.63, 3.8) is 0 Å². The average Bonchev–Trinajstić information content (AvgIpc) is 3.16. The predicted molar refractivity (Wildman–Crippen MR) is 224 cm³/mol.